The van der Waals surface area contributed by atoms with Crippen LogP contribution in [-0.4, -0.2) is 18.5 Å². The molecule has 0 bridgehead atoms. The van der Waals surface area contributed by atoms with Gasteiger partial charge in [-0.1, -0.05) is 81.4 Å². The molecular formula is C29H30FeNOP+2. The first-order valence-corrected chi connectivity index (χ1v) is 12.4. The summed E-state index contributed by atoms with van der Waals surface area (Å²) >= 11 is 0. The molecule has 3 aliphatic rings. The molecule has 0 amide bonds. The molecule has 0 aromatic heterocycles. The maximum absolute atomic E-state index is 6.06. The maximum Gasteiger partial charge on any atom is 2.00 e. The van der Waals surface area contributed by atoms with Crippen molar-refractivity contribution < 1.29 is 21.8 Å². The zero-order chi connectivity index (χ0) is 22.4. The van der Waals surface area contributed by atoms with E-state index in [0.717, 1.165) is 11.8 Å². The molecule has 2 aromatic carbocycles. The minimum absolute atomic E-state index is 0. The molecule has 2 saturated carbocycles. The van der Waals surface area contributed by atoms with E-state index >= 15 is 0 Å². The Morgan fingerprint density at radius 1 is 0.758 bits per heavy atom. The minimum atomic E-state index is -0.649. The van der Waals surface area contributed by atoms with E-state index in [4.69, 9.17) is 9.73 Å². The van der Waals surface area contributed by atoms with Crippen LogP contribution in [0.2, 0.25) is 0 Å². The number of aliphatic imine (C=N–C) groups is 1. The Balaban J connectivity index is 0.000000453. The number of rotatable bonds is 4. The second-order valence-electron chi connectivity index (χ2n) is 8.92. The van der Waals surface area contributed by atoms with Crippen LogP contribution >= 0.6 is 7.92 Å². The molecule has 33 heavy (non-hydrogen) atoms. The average Bonchev–Trinajstić information content (AvgIpc) is 3.58. The molecular weight excluding hydrogens is 465 g/mol. The van der Waals surface area contributed by atoms with Gasteiger partial charge in [0.25, 0.3) is 0 Å². The molecule has 0 N–H and O–H groups in total. The smallest absolute Gasteiger partial charge is 0.478 e. The van der Waals surface area contributed by atoms with Gasteiger partial charge in [0.15, 0.2) is 5.90 Å². The van der Waals surface area contributed by atoms with Crippen molar-refractivity contribution >= 4 is 24.4 Å². The Kier molecular flexibility index (Phi) is 10.0. The topological polar surface area (TPSA) is 21.6 Å². The van der Waals surface area contributed by atoms with Crippen LogP contribution in [0.5, 0.6) is 0 Å². The third-order valence-corrected chi connectivity index (χ3v) is 8.00. The van der Waals surface area contributed by atoms with Gasteiger partial charge in [-0.05, 0) is 75.3 Å². The van der Waals surface area contributed by atoms with Gasteiger partial charge in [-0.15, -0.1) is 0 Å². The van der Waals surface area contributed by atoms with Crippen molar-refractivity contribution in [3.05, 3.63) is 124 Å². The fourth-order valence-electron chi connectivity index (χ4n) is 3.65. The van der Waals surface area contributed by atoms with Gasteiger partial charge in [0.05, 0.1) is 12.0 Å². The van der Waals surface area contributed by atoms with Gasteiger partial charge in [0.1, 0.15) is 6.61 Å². The van der Waals surface area contributed by atoms with E-state index < -0.39 is 7.92 Å². The molecule has 0 saturated heterocycles. The number of benzene rings is 2. The first kappa shape index (κ1) is 26.5. The number of hydrogen-bond acceptors (Lipinski definition) is 2. The van der Waals surface area contributed by atoms with E-state index in [0.29, 0.717) is 6.61 Å². The predicted molar refractivity (Wildman–Crippen MR) is 137 cm³/mol. The molecule has 1 heterocycles. The van der Waals surface area contributed by atoms with E-state index in [-0.39, 0.29) is 28.5 Å². The molecule has 2 aromatic rings. The summed E-state index contributed by atoms with van der Waals surface area (Å²) in [6.45, 7) is 7.33. The molecule has 2 fully saturated rings. The van der Waals surface area contributed by atoms with Gasteiger partial charge in [-0.2, -0.15) is 0 Å². The van der Waals surface area contributed by atoms with Gasteiger partial charge in [0, 0.05) is 5.66 Å². The summed E-state index contributed by atoms with van der Waals surface area (Å²) in [5.74, 6) is 1.94. The van der Waals surface area contributed by atoms with Crippen molar-refractivity contribution in [1.29, 1.82) is 0 Å². The third-order valence-electron chi connectivity index (χ3n) is 5.50. The fourth-order valence-corrected chi connectivity index (χ4v) is 6.09. The summed E-state index contributed by atoms with van der Waals surface area (Å²) in [6, 6.07) is 21.7. The normalized spacial score (nSPS) is 21.2. The van der Waals surface area contributed by atoms with E-state index in [2.05, 4.69) is 101 Å². The monoisotopic (exact) mass is 495 g/mol. The Bertz CT molecular complexity index is 813. The molecule has 168 valence electrons. The molecule has 2 aliphatic carbocycles. The first-order chi connectivity index (χ1) is 15.5. The quantitative estimate of drug-likeness (QED) is 0.393. The van der Waals surface area contributed by atoms with Gasteiger partial charge in [0.2, 0.25) is 0 Å². The van der Waals surface area contributed by atoms with Crippen LogP contribution in [0, 0.1) is 68.4 Å². The van der Waals surface area contributed by atoms with Crippen LogP contribution < -0.4 is 10.6 Å². The predicted octanol–water partition coefficient (Wildman–Crippen LogP) is 5.71. The SMILES string of the molecule is CC(C)(C)[C@H]1COC([C]2[CH][CH][CH][C]2P(c2ccccc2)c2ccccc2)=N1.[CH]1[CH][CH][CH][CH]1.[Fe+2]. The summed E-state index contributed by atoms with van der Waals surface area (Å²) in [7, 11) is -0.649. The summed E-state index contributed by atoms with van der Waals surface area (Å²) in [5.41, 5.74) is 1.42. The van der Waals surface area contributed by atoms with Crippen molar-refractivity contribution in [3.8, 4) is 0 Å². The van der Waals surface area contributed by atoms with Crippen LogP contribution in [0.3, 0.4) is 0 Å². The summed E-state index contributed by atoms with van der Waals surface area (Å²) in [6.07, 6.45) is 16.5. The van der Waals surface area contributed by atoms with Crippen molar-refractivity contribution in [2.24, 2.45) is 10.4 Å². The Morgan fingerprint density at radius 3 is 1.73 bits per heavy atom. The van der Waals surface area contributed by atoms with E-state index in [1.807, 2.05) is 32.1 Å². The van der Waals surface area contributed by atoms with Crippen LogP contribution in [0.15, 0.2) is 65.7 Å². The third kappa shape index (κ3) is 6.94. The summed E-state index contributed by atoms with van der Waals surface area (Å²) in [4.78, 5) is 4.94. The molecule has 5 rings (SSSR count). The number of nitrogens with zero attached hydrogens (tertiary/aromatic N) is 1. The van der Waals surface area contributed by atoms with Gasteiger partial charge >= 0.3 is 17.1 Å². The maximum atomic E-state index is 6.06. The zero-order valence-corrected chi connectivity index (χ0v) is 21.3. The minimum Gasteiger partial charge on any atom is -0.478 e. The van der Waals surface area contributed by atoms with Crippen LogP contribution in [0.1, 0.15) is 20.8 Å². The molecule has 1 atom stereocenters. The van der Waals surface area contributed by atoms with Crippen LogP contribution in [0.25, 0.3) is 0 Å². The number of ether oxygens (including phenoxy) is 1. The van der Waals surface area contributed by atoms with E-state index in [9.17, 15) is 0 Å². The molecule has 4 heteroatoms. The second kappa shape index (κ2) is 12.5. The Hall–Kier alpha value is -1.14. The van der Waals surface area contributed by atoms with Gasteiger partial charge < -0.3 is 4.74 Å². The largest absolute Gasteiger partial charge is 2.00 e. The van der Waals surface area contributed by atoms with Crippen molar-refractivity contribution in [1.82, 2.24) is 0 Å². The van der Waals surface area contributed by atoms with E-state index in [1.54, 1.807) is 0 Å². The van der Waals surface area contributed by atoms with Crippen LogP contribution in [-0.2, 0) is 21.8 Å². The van der Waals surface area contributed by atoms with Crippen molar-refractivity contribution in [3.63, 3.8) is 0 Å². The van der Waals surface area contributed by atoms with Crippen LogP contribution in [0.4, 0.5) is 0 Å². The molecule has 1 aliphatic heterocycles. The second-order valence-corrected chi connectivity index (χ2v) is 11.1. The number of hydrogen-bond donors (Lipinski definition) is 0. The molecule has 0 unspecified atom stereocenters. The molecule has 2 nitrogen and oxygen atoms in total. The van der Waals surface area contributed by atoms with Crippen molar-refractivity contribution in [2.75, 3.05) is 6.61 Å². The van der Waals surface area contributed by atoms with Crippen molar-refractivity contribution in [2.45, 2.75) is 26.8 Å². The van der Waals surface area contributed by atoms with Gasteiger partial charge in [-0.3, -0.25) is 0 Å². The Morgan fingerprint density at radius 2 is 1.27 bits per heavy atom. The first-order valence-electron chi connectivity index (χ1n) is 11.1. The standard InChI is InChI=1S/C24H25NOP.C5H5.Fe/c1-24(2,3)22-17-26-23(25-22)20-15-10-16-21(20)27(18-11-6-4-7-12-18)19-13-8-5-9-14-19;1-2-4-5-3-1;/h4-16,22H,17H2,1-3H3;1-5H;/q;;+2/t22-;;/m1../s1. The van der Waals surface area contributed by atoms with E-state index in [1.165, 1.54) is 16.3 Å². The summed E-state index contributed by atoms with van der Waals surface area (Å²) < 4.78 is 6.06. The average molecular weight is 495 g/mol. The molecule has 0 spiro atoms. The fraction of sp³-hybridized carbons (Fsp3) is 0.207. The molecule has 10 radical (unpaired) electrons. The Labute approximate surface area is 213 Å². The zero-order valence-electron chi connectivity index (χ0n) is 19.3. The summed E-state index contributed by atoms with van der Waals surface area (Å²) in [5, 5.41) is 2.69. The van der Waals surface area contributed by atoms with Gasteiger partial charge in [-0.25, -0.2) is 4.99 Å².